The zero-order chi connectivity index (χ0) is 21.2. The number of nitrogens with zero attached hydrogens (tertiary/aromatic N) is 1. The summed E-state index contributed by atoms with van der Waals surface area (Å²) in [6.07, 6.45) is 0.577. The van der Waals surface area contributed by atoms with Crippen molar-refractivity contribution in [3.8, 4) is 0 Å². The van der Waals surface area contributed by atoms with E-state index in [0.717, 1.165) is 10.9 Å². The van der Waals surface area contributed by atoms with E-state index in [0.29, 0.717) is 10.0 Å². The number of carbonyl (C=O) groups excluding carboxylic acids is 2. The van der Waals surface area contributed by atoms with Crippen LogP contribution in [0.25, 0.3) is 10.9 Å². The lowest BCUT2D eigenvalue weighted by atomic mass is 10.1. The molecule has 0 amide bonds. The van der Waals surface area contributed by atoms with Gasteiger partial charge in [0.25, 0.3) is 10.0 Å². The van der Waals surface area contributed by atoms with E-state index in [9.17, 15) is 18.0 Å². The van der Waals surface area contributed by atoms with Gasteiger partial charge in [-0.05, 0) is 37.3 Å². The first-order valence-electron chi connectivity index (χ1n) is 8.70. The van der Waals surface area contributed by atoms with E-state index in [2.05, 4.69) is 4.98 Å². The molecule has 0 aliphatic carbocycles. The Hall–Kier alpha value is -3.01. The number of esters is 1. The van der Waals surface area contributed by atoms with Gasteiger partial charge in [0.1, 0.15) is 0 Å². The second kappa shape index (κ2) is 8.16. The van der Waals surface area contributed by atoms with E-state index >= 15 is 0 Å². The van der Waals surface area contributed by atoms with Crippen molar-refractivity contribution in [3.05, 3.63) is 65.9 Å². The number of aromatic amines is 1. The molecule has 0 spiro atoms. The molecule has 0 bridgehead atoms. The molecule has 152 valence electrons. The fourth-order valence-electron chi connectivity index (χ4n) is 2.79. The van der Waals surface area contributed by atoms with Crippen LogP contribution in [0, 0.1) is 0 Å². The molecule has 0 aliphatic heterocycles. The summed E-state index contributed by atoms with van der Waals surface area (Å²) < 4.78 is 30.4. The van der Waals surface area contributed by atoms with Crippen molar-refractivity contribution in [2.45, 2.75) is 17.9 Å². The lowest BCUT2D eigenvalue weighted by molar-refractivity contribution is -0.0258. The summed E-state index contributed by atoms with van der Waals surface area (Å²) in [5.74, 6) is -1.06. The Kier molecular flexibility index (Phi) is 5.83. The molecule has 8 nitrogen and oxygen atoms in total. The Morgan fingerprint density at radius 1 is 1.07 bits per heavy atom. The molecule has 1 aromatic heterocycles. The molecular formula is C20H20N2O6S. The Labute approximate surface area is 168 Å². The van der Waals surface area contributed by atoms with E-state index in [1.54, 1.807) is 6.20 Å². The van der Waals surface area contributed by atoms with E-state index in [1.165, 1.54) is 45.3 Å². The van der Waals surface area contributed by atoms with Gasteiger partial charge in [-0.15, -0.1) is 0 Å². The normalized spacial score (nSPS) is 12.8. The zero-order valence-corrected chi connectivity index (χ0v) is 16.9. The number of hydrogen-bond donors (Lipinski definition) is 1. The molecule has 0 aliphatic rings. The van der Waals surface area contributed by atoms with Gasteiger partial charge >= 0.3 is 5.97 Å². The first kappa shape index (κ1) is 20.7. The molecule has 3 aromatic rings. The largest absolute Gasteiger partial charge is 0.451 e. The van der Waals surface area contributed by atoms with E-state index in [1.807, 2.05) is 24.3 Å². The number of sulfonamides is 1. The third-order valence-corrected chi connectivity index (χ3v) is 6.19. The number of Topliss-reactive ketones (excluding diaryl/α,β-unsaturated/α-hetero) is 1. The van der Waals surface area contributed by atoms with Gasteiger partial charge in [0.05, 0.1) is 17.6 Å². The van der Waals surface area contributed by atoms with Crippen molar-refractivity contribution in [2.75, 3.05) is 14.2 Å². The third-order valence-electron chi connectivity index (χ3n) is 4.49. The van der Waals surface area contributed by atoms with Crippen LogP contribution in [-0.2, 0) is 19.6 Å². The molecule has 0 radical (unpaired) electrons. The molecule has 1 heterocycles. The van der Waals surface area contributed by atoms with E-state index in [4.69, 9.17) is 9.57 Å². The predicted molar refractivity (Wildman–Crippen MR) is 106 cm³/mol. The molecule has 0 saturated carbocycles. The van der Waals surface area contributed by atoms with E-state index < -0.39 is 22.1 Å². The maximum absolute atomic E-state index is 12.7. The third kappa shape index (κ3) is 4.07. The van der Waals surface area contributed by atoms with Crippen LogP contribution in [0.4, 0.5) is 0 Å². The van der Waals surface area contributed by atoms with Crippen molar-refractivity contribution < 1.29 is 27.6 Å². The molecule has 1 atom stereocenters. The van der Waals surface area contributed by atoms with Crippen molar-refractivity contribution in [3.63, 3.8) is 0 Å². The molecule has 0 saturated heterocycles. The lowest BCUT2D eigenvalue weighted by Gasteiger charge is -2.15. The van der Waals surface area contributed by atoms with Crippen molar-refractivity contribution >= 4 is 32.7 Å². The molecule has 3 rings (SSSR count). The second-order valence-electron chi connectivity index (χ2n) is 6.28. The SMILES string of the molecule is CON(C)S(=O)(=O)c1ccc(C(=O)O[C@@H](C)C(=O)c2c[nH]c3ccccc23)cc1. The number of fused-ring (bicyclic) bond motifs is 1. The maximum Gasteiger partial charge on any atom is 0.338 e. The van der Waals surface area contributed by atoms with Crippen molar-refractivity contribution in [1.29, 1.82) is 0 Å². The van der Waals surface area contributed by atoms with Crippen LogP contribution in [0.2, 0.25) is 0 Å². The molecule has 29 heavy (non-hydrogen) atoms. The Morgan fingerprint density at radius 2 is 1.72 bits per heavy atom. The number of ether oxygens (including phenoxy) is 1. The number of hydrogen-bond acceptors (Lipinski definition) is 6. The Balaban J connectivity index is 1.73. The van der Waals surface area contributed by atoms with Gasteiger partial charge in [-0.3, -0.25) is 9.63 Å². The van der Waals surface area contributed by atoms with Crippen LogP contribution in [-0.4, -0.2) is 49.9 Å². The highest BCUT2D eigenvalue weighted by Crippen LogP contribution is 2.21. The molecular weight excluding hydrogens is 396 g/mol. The van der Waals surface area contributed by atoms with Crippen LogP contribution >= 0.6 is 0 Å². The van der Waals surface area contributed by atoms with Crippen LogP contribution < -0.4 is 0 Å². The minimum Gasteiger partial charge on any atom is -0.451 e. The summed E-state index contributed by atoms with van der Waals surface area (Å²) in [6, 6.07) is 12.5. The van der Waals surface area contributed by atoms with Gasteiger partial charge in [0.15, 0.2) is 6.10 Å². The summed E-state index contributed by atoms with van der Waals surface area (Å²) in [4.78, 5) is 32.7. The van der Waals surface area contributed by atoms with E-state index in [-0.39, 0.29) is 16.2 Å². The molecule has 1 N–H and O–H groups in total. The molecule has 0 fully saturated rings. The topological polar surface area (TPSA) is 106 Å². The number of carbonyl (C=O) groups is 2. The van der Waals surface area contributed by atoms with Gasteiger partial charge in [-0.1, -0.05) is 22.7 Å². The summed E-state index contributed by atoms with van der Waals surface area (Å²) in [5.41, 5.74) is 1.37. The van der Waals surface area contributed by atoms with Gasteiger partial charge < -0.3 is 9.72 Å². The van der Waals surface area contributed by atoms with Crippen LogP contribution in [0.15, 0.2) is 59.6 Å². The number of benzene rings is 2. The first-order chi connectivity index (χ1) is 13.8. The fraction of sp³-hybridized carbons (Fsp3) is 0.200. The summed E-state index contributed by atoms with van der Waals surface area (Å²) >= 11 is 0. The Morgan fingerprint density at radius 3 is 2.38 bits per heavy atom. The number of rotatable bonds is 7. The highest BCUT2D eigenvalue weighted by atomic mass is 32.2. The van der Waals surface area contributed by atoms with Gasteiger partial charge in [-0.2, -0.15) is 0 Å². The van der Waals surface area contributed by atoms with Crippen molar-refractivity contribution in [2.24, 2.45) is 0 Å². The second-order valence-corrected chi connectivity index (χ2v) is 8.22. The minimum atomic E-state index is -3.82. The summed E-state index contributed by atoms with van der Waals surface area (Å²) in [7, 11) is -1.33. The standard InChI is InChI=1S/C20H20N2O6S/c1-13(19(23)17-12-21-18-7-5-4-6-16(17)18)28-20(24)14-8-10-15(11-9-14)29(25,26)22(2)27-3/h4-13,21H,1-3H3/t13-/m0/s1. The molecule has 0 unspecified atom stereocenters. The lowest BCUT2D eigenvalue weighted by Crippen LogP contribution is -2.26. The summed E-state index contributed by atoms with van der Waals surface area (Å²) in [5, 5.41) is 0.747. The number of aromatic nitrogens is 1. The van der Waals surface area contributed by atoms with Crippen molar-refractivity contribution in [1.82, 2.24) is 9.45 Å². The van der Waals surface area contributed by atoms with Crippen LogP contribution in [0.5, 0.6) is 0 Å². The first-order valence-corrected chi connectivity index (χ1v) is 10.1. The van der Waals surface area contributed by atoms with Gasteiger partial charge in [0, 0.05) is 29.7 Å². The number of hydroxylamine groups is 1. The monoisotopic (exact) mass is 416 g/mol. The highest BCUT2D eigenvalue weighted by Gasteiger charge is 2.24. The smallest absolute Gasteiger partial charge is 0.338 e. The molecule has 9 heteroatoms. The maximum atomic E-state index is 12.7. The van der Waals surface area contributed by atoms with Crippen LogP contribution in [0.3, 0.4) is 0 Å². The van der Waals surface area contributed by atoms with Gasteiger partial charge in [0.2, 0.25) is 5.78 Å². The van der Waals surface area contributed by atoms with Crippen LogP contribution in [0.1, 0.15) is 27.6 Å². The summed E-state index contributed by atoms with van der Waals surface area (Å²) in [6.45, 7) is 1.49. The molecule has 2 aromatic carbocycles. The zero-order valence-electron chi connectivity index (χ0n) is 16.1. The quantitative estimate of drug-likeness (QED) is 0.361. The average Bonchev–Trinajstić information content (AvgIpc) is 3.16. The number of ketones is 1. The number of H-pyrrole nitrogens is 1. The Bertz CT molecular complexity index is 1150. The highest BCUT2D eigenvalue weighted by molar-refractivity contribution is 7.89. The predicted octanol–water partition coefficient (Wildman–Crippen LogP) is 2.78. The number of para-hydroxylation sites is 1. The fourth-order valence-corrected chi connectivity index (χ4v) is 3.76. The number of nitrogens with one attached hydrogen (secondary N) is 1. The average molecular weight is 416 g/mol. The minimum absolute atomic E-state index is 0.0404. The van der Waals surface area contributed by atoms with Gasteiger partial charge in [-0.25, -0.2) is 13.2 Å².